The molecular formula is C57H48N2O10S4. The number of hydrogen-bond donors (Lipinski definition) is 3. The molecule has 12 nitrogen and oxygen atoms in total. The van der Waals surface area contributed by atoms with Crippen LogP contribution in [0.25, 0.3) is 63.1 Å². The monoisotopic (exact) mass is 1050 g/mol. The van der Waals surface area contributed by atoms with Gasteiger partial charge >= 0.3 is 5.97 Å². The van der Waals surface area contributed by atoms with Crippen molar-refractivity contribution >= 4 is 90.3 Å². The number of nitrogens with zero attached hydrogens (tertiary/aromatic N) is 2. The normalized spacial score (nSPS) is 12.6. The van der Waals surface area contributed by atoms with Crippen molar-refractivity contribution in [1.29, 1.82) is 0 Å². The predicted octanol–water partition coefficient (Wildman–Crippen LogP) is 12.6. The molecule has 0 amide bonds. The minimum absolute atomic E-state index is 0.0408. The Bertz CT molecular complexity index is 4090. The van der Waals surface area contributed by atoms with Crippen molar-refractivity contribution in [1.82, 2.24) is 9.97 Å². The molecule has 0 unspecified atom stereocenters. The second-order valence-corrected chi connectivity index (χ2v) is 24.3. The smallest absolute Gasteiger partial charge is 0.336 e. The molecule has 370 valence electrons. The molecule has 10 aromatic rings. The number of ether oxygens (including phenoxy) is 2. The number of aromatic nitrogens is 2. The van der Waals surface area contributed by atoms with E-state index in [1.54, 1.807) is 78.1 Å². The summed E-state index contributed by atoms with van der Waals surface area (Å²) < 4.78 is 67.0. The number of rotatable bonds is 14. The van der Waals surface area contributed by atoms with E-state index in [0.717, 1.165) is 64.0 Å². The number of carboxylic acid groups (broad SMARTS) is 1. The quantitative estimate of drug-likeness (QED) is 0.0875. The maximum atomic E-state index is 14.2. The third kappa shape index (κ3) is 9.35. The highest BCUT2D eigenvalue weighted by Gasteiger charge is 2.26. The average Bonchev–Trinajstić information content (AvgIpc) is 3.90. The van der Waals surface area contributed by atoms with Crippen LogP contribution >= 0.6 is 22.7 Å². The van der Waals surface area contributed by atoms with Crippen LogP contribution in [0.5, 0.6) is 11.5 Å². The van der Waals surface area contributed by atoms with Crippen LogP contribution in [0.1, 0.15) is 74.2 Å². The molecule has 3 N–H and O–H groups in total. The number of pyridine rings is 2. The van der Waals surface area contributed by atoms with Crippen LogP contribution < -0.4 is 9.47 Å². The van der Waals surface area contributed by atoms with E-state index in [9.17, 15) is 36.9 Å². The lowest BCUT2D eigenvalue weighted by Crippen LogP contribution is -2.07. The molecule has 0 saturated carbocycles. The van der Waals surface area contributed by atoms with E-state index in [-0.39, 0.29) is 33.3 Å². The molecule has 4 aromatic heterocycles. The molecule has 16 heteroatoms. The van der Waals surface area contributed by atoms with Crippen molar-refractivity contribution in [2.75, 3.05) is 6.26 Å². The Hall–Kier alpha value is -7.05. The maximum absolute atomic E-state index is 14.2. The lowest BCUT2D eigenvalue weighted by molar-refractivity contribution is -0.0414. The number of aliphatic hydroxyl groups is 2. The van der Waals surface area contributed by atoms with Gasteiger partial charge in [-0.25, -0.2) is 31.6 Å². The number of carboxylic acids is 1. The summed E-state index contributed by atoms with van der Waals surface area (Å²) in [4.78, 5) is 24.8. The molecule has 6 aromatic carbocycles. The molecule has 0 aliphatic rings. The van der Waals surface area contributed by atoms with Gasteiger partial charge in [0.15, 0.2) is 26.0 Å². The third-order valence-corrected chi connectivity index (χ3v) is 18.6. The van der Waals surface area contributed by atoms with Gasteiger partial charge in [-0.15, -0.1) is 22.7 Å². The Labute approximate surface area is 429 Å². The number of hydrogen-bond acceptors (Lipinski definition) is 13. The first-order valence-corrected chi connectivity index (χ1v) is 28.3. The van der Waals surface area contributed by atoms with Crippen LogP contribution in [-0.4, -0.2) is 54.3 Å². The molecule has 0 spiro atoms. The summed E-state index contributed by atoms with van der Waals surface area (Å²) in [7, 11) is -7.26. The van der Waals surface area contributed by atoms with Gasteiger partial charge < -0.3 is 24.8 Å². The second-order valence-electron chi connectivity index (χ2n) is 18.2. The van der Waals surface area contributed by atoms with Crippen molar-refractivity contribution in [3.63, 3.8) is 0 Å². The van der Waals surface area contributed by atoms with Crippen LogP contribution in [0.4, 0.5) is 0 Å². The molecule has 73 heavy (non-hydrogen) atoms. The van der Waals surface area contributed by atoms with Crippen LogP contribution in [-0.2, 0) is 32.0 Å². The largest absolute Gasteiger partial charge is 0.488 e. The first kappa shape index (κ1) is 49.5. The van der Waals surface area contributed by atoms with E-state index in [2.05, 4.69) is 0 Å². The number of fused-ring (bicyclic) bond motifs is 4. The standard InChI is InChI=1S/C57H48N2O10S4/c1-30-14-24-45(50-41(56(60)61)26-43(58-52(30)50)54-32(3)40-11-7-8-12-47(40)70-54)68-28-35-16-20-39(21-17-35)73(66,67)29-37-10-9-13-48-49(37)33(4)55(71-48)44-27-42(57(62)63)51-46(25-15-31(2)53(51)59-44)69-34(5)36-18-22-38(23-19-36)72(6,64)65/h7-27,34,57,62-63H,28-29H2,1-6H3,(H,60,61)/t34-/m1/s1. The first-order chi connectivity index (χ1) is 34.8. The number of carbonyl (C=O) groups is 1. The Morgan fingerprint density at radius 2 is 1.26 bits per heavy atom. The van der Waals surface area contributed by atoms with E-state index in [1.165, 1.54) is 23.5 Å². The highest BCUT2D eigenvalue weighted by atomic mass is 32.2. The molecule has 0 fully saturated rings. The molecule has 1 atom stereocenters. The SMILES string of the molecule is Cc1c(-c2cc(C(=O)O)c3c(OCc4ccc(S(=O)(=O)Cc5cccc6sc(-c7cc(C(O)O)c8c(O[C@H](C)c9ccc(S(C)(=O)=O)cc9)ccc(C)c8n7)c(C)c56)cc4)ccc(C)c3n2)sc2ccccc12. The fraction of sp³-hybridized carbons (Fsp3) is 0.175. The average molecular weight is 1050 g/mol. The Morgan fingerprint density at radius 3 is 1.92 bits per heavy atom. The summed E-state index contributed by atoms with van der Waals surface area (Å²) in [6.07, 6.45) is -1.29. The summed E-state index contributed by atoms with van der Waals surface area (Å²) in [5.74, 6) is -0.686. The van der Waals surface area contributed by atoms with E-state index >= 15 is 0 Å². The van der Waals surface area contributed by atoms with Gasteiger partial charge in [0.2, 0.25) is 0 Å². The van der Waals surface area contributed by atoms with Crippen LogP contribution in [0.3, 0.4) is 0 Å². The molecule has 10 rings (SSSR count). The molecule has 0 aliphatic heterocycles. The van der Waals surface area contributed by atoms with Crippen LogP contribution in [0.15, 0.2) is 137 Å². The van der Waals surface area contributed by atoms with Gasteiger partial charge in [0.05, 0.1) is 64.1 Å². The zero-order valence-electron chi connectivity index (χ0n) is 40.4. The zero-order chi connectivity index (χ0) is 51.7. The topological polar surface area (TPSA) is 190 Å². The van der Waals surface area contributed by atoms with E-state index in [0.29, 0.717) is 55.8 Å². The van der Waals surface area contributed by atoms with Gasteiger partial charge in [-0.1, -0.05) is 66.7 Å². The minimum atomic E-state index is -3.88. The minimum Gasteiger partial charge on any atom is -0.488 e. The van der Waals surface area contributed by atoms with Crippen molar-refractivity contribution in [2.24, 2.45) is 0 Å². The molecule has 0 saturated heterocycles. The van der Waals surface area contributed by atoms with Crippen LogP contribution in [0, 0.1) is 27.7 Å². The van der Waals surface area contributed by atoms with E-state index < -0.39 is 38.0 Å². The summed E-state index contributed by atoms with van der Waals surface area (Å²) in [6.45, 7) is 9.53. The van der Waals surface area contributed by atoms with Gasteiger partial charge in [0, 0.05) is 26.6 Å². The number of aryl methyl sites for hydroxylation is 4. The third-order valence-electron chi connectivity index (χ3n) is 13.2. The number of sulfone groups is 2. The Kier molecular flexibility index (Phi) is 13.0. The summed E-state index contributed by atoms with van der Waals surface area (Å²) >= 11 is 3.00. The molecule has 4 heterocycles. The number of thiophene rings is 2. The second kappa shape index (κ2) is 19.1. The molecule has 0 bridgehead atoms. The lowest BCUT2D eigenvalue weighted by atomic mass is 10.0. The fourth-order valence-corrected chi connectivity index (χ4v) is 13.8. The van der Waals surface area contributed by atoms with E-state index in [1.807, 2.05) is 83.1 Å². The molecular weight excluding hydrogens is 1000 g/mol. The predicted molar refractivity (Wildman–Crippen MR) is 288 cm³/mol. The lowest BCUT2D eigenvalue weighted by Gasteiger charge is -2.20. The van der Waals surface area contributed by atoms with Gasteiger partial charge in [-0.2, -0.15) is 0 Å². The number of aliphatic hydroxyl groups excluding tert-OH is 1. The first-order valence-electron chi connectivity index (χ1n) is 23.2. The van der Waals surface area contributed by atoms with Crippen molar-refractivity contribution in [2.45, 2.75) is 69.2 Å². The highest BCUT2D eigenvalue weighted by Crippen LogP contribution is 2.44. The number of benzene rings is 6. The van der Waals surface area contributed by atoms with Crippen LogP contribution in [0.2, 0.25) is 0 Å². The van der Waals surface area contributed by atoms with Gasteiger partial charge in [0.1, 0.15) is 24.2 Å². The maximum Gasteiger partial charge on any atom is 0.336 e. The summed E-state index contributed by atoms with van der Waals surface area (Å²) in [5.41, 5.74) is 7.69. The zero-order valence-corrected chi connectivity index (χ0v) is 43.7. The summed E-state index contributed by atoms with van der Waals surface area (Å²) in [5, 5.41) is 34.8. The van der Waals surface area contributed by atoms with E-state index in [4.69, 9.17) is 19.4 Å². The van der Waals surface area contributed by atoms with Gasteiger partial charge in [-0.05, 0) is 140 Å². The molecule has 0 radical (unpaired) electrons. The highest BCUT2D eigenvalue weighted by molar-refractivity contribution is 7.91. The van der Waals surface area contributed by atoms with Crippen molar-refractivity contribution < 1.29 is 46.4 Å². The fourth-order valence-electron chi connectivity index (χ4n) is 9.40. The summed E-state index contributed by atoms with van der Waals surface area (Å²) in [6, 6.07) is 36.9. The van der Waals surface area contributed by atoms with Crippen molar-refractivity contribution in [3.05, 3.63) is 177 Å². The molecule has 0 aliphatic carbocycles. The Morgan fingerprint density at radius 1 is 0.658 bits per heavy atom. The Balaban J connectivity index is 0.904. The number of aromatic carboxylic acids is 1. The van der Waals surface area contributed by atoms with Gasteiger partial charge in [0.25, 0.3) is 0 Å². The van der Waals surface area contributed by atoms with Crippen molar-refractivity contribution in [3.8, 4) is 32.6 Å². The van der Waals surface area contributed by atoms with Gasteiger partial charge in [-0.3, -0.25) is 0 Å².